The van der Waals surface area contributed by atoms with Crippen molar-refractivity contribution in [2.75, 3.05) is 5.32 Å². The van der Waals surface area contributed by atoms with E-state index in [4.69, 9.17) is 0 Å². The molecular formula is C13H19N. The second kappa shape index (κ2) is 4.04. The van der Waals surface area contributed by atoms with Gasteiger partial charge in [0, 0.05) is 11.7 Å². The van der Waals surface area contributed by atoms with E-state index in [1.54, 1.807) is 0 Å². The van der Waals surface area contributed by atoms with Crippen LogP contribution in [0.15, 0.2) is 18.2 Å². The SMILES string of the molecule is CCc1ccc2c(c1)CC[C@@H](CC)N2. The summed E-state index contributed by atoms with van der Waals surface area (Å²) in [6.07, 6.45) is 4.91. The maximum Gasteiger partial charge on any atom is 0.0375 e. The Kier molecular flexibility index (Phi) is 2.76. The first kappa shape index (κ1) is 9.57. The van der Waals surface area contributed by atoms with Crippen LogP contribution in [0.3, 0.4) is 0 Å². The van der Waals surface area contributed by atoms with Crippen LogP contribution in [0, 0.1) is 0 Å². The minimum Gasteiger partial charge on any atom is -0.382 e. The molecule has 76 valence electrons. The van der Waals surface area contributed by atoms with Crippen molar-refractivity contribution < 1.29 is 0 Å². The summed E-state index contributed by atoms with van der Waals surface area (Å²) < 4.78 is 0. The molecule has 0 spiro atoms. The standard InChI is InChI=1S/C13H19N/c1-3-10-5-8-13-11(9-10)6-7-12(4-2)14-13/h5,8-9,12,14H,3-4,6-7H2,1-2H3/t12-/m1/s1. The summed E-state index contributed by atoms with van der Waals surface area (Å²) in [7, 11) is 0. The van der Waals surface area contributed by atoms with Gasteiger partial charge in [-0.2, -0.15) is 0 Å². The van der Waals surface area contributed by atoms with Crippen LogP contribution in [0.25, 0.3) is 0 Å². The Bertz CT molecular complexity index is 317. The minimum atomic E-state index is 0.690. The summed E-state index contributed by atoms with van der Waals surface area (Å²) in [6.45, 7) is 4.47. The van der Waals surface area contributed by atoms with E-state index < -0.39 is 0 Å². The molecule has 1 heterocycles. The van der Waals surface area contributed by atoms with Crippen LogP contribution in [0.2, 0.25) is 0 Å². The summed E-state index contributed by atoms with van der Waals surface area (Å²) in [5.41, 5.74) is 4.33. The normalized spacial score (nSPS) is 20.0. The van der Waals surface area contributed by atoms with Gasteiger partial charge in [-0.3, -0.25) is 0 Å². The molecular weight excluding hydrogens is 170 g/mol. The lowest BCUT2D eigenvalue weighted by Crippen LogP contribution is -2.24. The number of hydrogen-bond donors (Lipinski definition) is 1. The maximum absolute atomic E-state index is 3.60. The van der Waals surface area contributed by atoms with E-state index in [0.29, 0.717) is 6.04 Å². The highest BCUT2D eigenvalue weighted by molar-refractivity contribution is 5.55. The molecule has 1 aromatic rings. The fourth-order valence-electron chi connectivity index (χ4n) is 2.14. The monoisotopic (exact) mass is 189 g/mol. The predicted octanol–water partition coefficient (Wildman–Crippen LogP) is 3.39. The number of anilines is 1. The van der Waals surface area contributed by atoms with Crippen LogP contribution >= 0.6 is 0 Å². The predicted molar refractivity (Wildman–Crippen MR) is 61.8 cm³/mol. The molecule has 1 aliphatic heterocycles. The Morgan fingerprint density at radius 3 is 2.93 bits per heavy atom. The van der Waals surface area contributed by atoms with Crippen LogP contribution in [0.1, 0.15) is 37.8 Å². The van der Waals surface area contributed by atoms with Gasteiger partial charge in [0.25, 0.3) is 0 Å². The van der Waals surface area contributed by atoms with E-state index in [-0.39, 0.29) is 0 Å². The van der Waals surface area contributed by atoms with Crippen molar-refractivity contribution in [3.05, 3.63) is 29.3 Å². The summed E-state index contributed by atoms with van der Waals surface area (Å²) in [5, 5.41) is 3.60. The number of benzene rings is 1. The number of nitrogens with one attached hydrogen (secondary N) is 1. The van der Waals surface area contributed by atoms with E-state index in [1.165, 1.54) is 36.1 Å². The molecule has 0 saturated heterocycles. The molecule has 0 unspecified atom stereocenters. The van der Waals surface area contributed by atoms with Crippen molar-refractivity contribution in [2.24, 2.45) is 0 Å². The van der Waals surface area contributed by atoms with E-state index in [1.807, 2.05) is 0 Å². The molecule has 1 N–H and O–H groups in total. The molecule has 0 bridgehead atoms. The Balaban J connectivity index is 2.23. The molecule has 1 nitrogen and oxygen atoms in total. The topological polar surface area (TPSA) is 12.0 Å². The van der Waals surface area contributed by atoms with Crippen molar-refractivity contribution in [2.45, 2.75) is 45.6 Å². The first-order chi connectivity index (χ1) is 6.83. The van der Waals surface area contributed by atoms with Gasteiger partial charge in [0.2, 0.25) is 0 Å². The molecule has 1 aromatic carbocycles. The quantitative estimate of drug-likeness (QED) is 0.752. The maximum atomic E-state index is 3.60. The first-order valence-corrected chi connectivity index (χ1v) is 5.71. The zero-order valence-corrected chi connectivity index (χ0v) is 9.14. The third-order valence-corrected chi connectivity index (χ3v) is 3.19. The van der Waals surface area contributed by atoms with Gasteiger partial charge in [0.15, 0.2) is 0 Å². The fraction of sp³-hybridized carbons (Fsp3) is 0.538. The lowest BCUT2D eigenvalue weighted by molar-refractivity contribution is 0.614. The molecule has 1 heteroatoms. The molecule has 0 amide bonds. The van der Waals surface area contributed by atoms with Gasteiger partial charge in [-0.25, -0.2) is 0 Å². The van der Waals surface area contributed by atoms with E-state index in [0.717, 1.165) is 6.42 Å². The number of aryl methyl sites for hydroxylation is 2. The third-order valence-electron chi connectivity index (χ3n) is 3.19. The Morgan fingerprint density at radius 1 is 1.36 bits per heavy atom. The van der Waals surface area contributed by atoms with Gasteiger partial charge in [0.1, 0.15) is 0 Å². The highest BCUT2D eigenvalue weighted by Crippen LogP contribution is 2.26. The van der Waals surface area contributed by atoms with Crippen LogP contribution < -0.4 is 5.32 Å². The molecule has 1 atom stereocenters. The third kappa shape index (κ3) is 1.77. The molecule has 0 radical (unpaired) electrons. The molecule has 14 heavy (non-hydrogen) atoms. The molecule has 0 aromatic heterocycles. The fourth-order valence-corrected chi connectivity index (χ4v) is 2.14. The molecule has 0 saturated carbocycles. The highest BCUT2D eigenvalue weighted by Gasteiger charge is 2.15. The smallest absolute Gasteiger partial charge is 0.0375 e. The van der Waals surface area contributed by atoms with Crippen LogP contribution in [0.4, 0.5) is 5.69 Å². The molecule has 0 aliphatic carbocycles. The van der Waals surface area contributed by atoms with Gasteiger partial charge >= 0.3 is 0 Å². The Morgan fingerprint density at radius 2 is 2.21 bits per heavy atom. The van der Waals surface area contributed by atoms with Gasteiger partial charge in [-0.05, 0) is 42.9 Å². The van der Waals surface area contributed by atoms with Gasteiger partial charge in [-0.15, -0.1) is 0 Å². The summed E-state index contributed by atoms with van der Waals surface area (Å²) in [6, 6.07) is 7.53. The van der Waals surface area contributed by atoms with E-state index in [9.17, 15) is 0 Å². The molecule has 0 fully saturated rings. The van der Waals surface area contributed by atoms with Gasteiger partial charge in [0.05, 0.1) is 0 Å². The Hall–Kier alpha value is -0.980. The number of fused-ring (bicyclic) bond motifs is 1. The van der Waals surface area contributed by atoms with Crippen molar-refractivity contribution in [3.8, 4) is 0 Å². The minimum absolute atomic E-state index is 0.690. The number of rotatable bonds is 2. The summed E-state index contributed by atoms with van der Waals surface area (Å²) >= 11 is 0. The molecule has 2 rings (SSSR count). The largest absolute Gasteiger partial charge is 0.382 e. The average molecular weight is 189 g/mol. The lowest BCUT2D eigenvalue weighted by Gasteiger charge is -2.26. The van der Waals surface area contributed by atoms with Gasteiger partial charge < -0.3 is 5.32 Å². The van der Waals surface area contributed by atoms with E-state index in [2.05, 4.69) is 37.4 Å². The van der Waals surface area contributed by atoms with Crippen molar-refractivity contribution in [3.63, 3.8) is 0 Å². The lowest BCUT2D eigenvalue weighted by atomic mass is 9.95. The average Bonchev–Trinajstić information content (AvgIpc) is 2.27. The Labute approximate surface area is 86.5 Å². The first-order valence-electron chi connectivity index (χ1n) is 5.71. The zero-order chi connectivity index (χ0) is 9.97. The second-order valence-electron chi connectivity index (χ2n) is 4.13. The second-order valence-corrected chi connectivity index (χ2v) is 4.13. The van der Waals surface area contributed by atoms with Crippen LogP contribution in [-0.2, 0) is 12.8 Å². The van der Waals surface area contributed by atoms with Crippen molar-refractivity contribution >= 4 is 5.69 Å². The summed E-state index contributed by atoms with van der Waals surface area (Å²) in [5.74, 6) is 0. The zero-order valence-electron chi connectivity index (χ0n) is 9.14. The highest BCUT2D eigenvalue weighted by atomic mass is 14.9. The van der Waals surface area contributed by atoms with Crippen LogP contribution in [0.5, 0.6) is 0 Å². The number of hydrogen-bond acceptors (Lipinski definition) is 1. The molecule has 1 aliphatic rings. The van der Waals surface area contributed by atoms with Crippen molar-refractivity contribution in [1.29, 1.82) is 0 Å². The summed E-state index contributed by atoms with van der Waals surface area (Å²) in [4.78, 5) is 0. The van der Waals surface area contributed by atoms with Gasteiger partial charge in [-0.1, -0.05) is 26.0 Å². The van der Waals surface area contributed by atoms with Crippen LogP contribution in [-0.4, -0.2) is 6.04 Å². The van der Waals surface area contributed by atoms with Crippen molar-refractivity contribution in [1.82, 2.24) is 0 Å². The van der Waals surface area contributed by atoms with E-state index >= 15 is 0 Å².